The molecule has 2 aromatic carbocycles. The summed E-state index contributed by atoms with van der Waals surface area (Å²) in [4.78, 5) is 18.7. The molecule has 3 atom stereocenters. The van der Waals surface area contributed by atoms with Crippen molar-refractivity contribution in [2.75, 3.05) is 31.2 Å². The second-order valence-corrected chi connectivity index (χ2v) is 12.0. The predicted octanol–water partition coefficient (Wildman–Crippen LogP) is 5.47. The summed E-state index contributed by atoms with van der Waals surface area (Å²) in [5.74, 6) is 0.777. The van der Waals surface area contributed by atoms with E-state index in [2.05, 4.69) is 33.2 Å². The normalized spacial score (nSPS) is 21.7. The van der Waals surface area contributed by atoms with Gasteiger partial charge in [0.25, 0.3) is 0 Å². The number of halogens is 3. The number of fused-ring (bicyclic) bond motifs is 1. The highest BCUT2D eigenvalue weighted by Crippen LogP contribution is 2.41. The van der Waals surface area contributed by atoms with Gasteiger partial charge < -0.3 is 19.3 Å². The highest BCUT2D eigenvalue weighted by molar-refractivity contribution is 6.28. The monoisotopic (exact) mass is 610 g/mol. The molecule has 8 nitrogen and oxygen atoms in total. The molecule has 228 valence electrons. The predicted molar refractivity (Wildman–Crippen MR) is 162 cm³/mol. The minimum Gasteiger partial charge on any atom is -0.394 e. The van der Waals surface area contributed by atoms with E-state index in [1.54, 1.807) is 24.3 Å². The topological polar surface area (TPSA) is 79.5 Å². The van der Waals surface area contributed by atoms with E-state index in [9.17, 15) is 13.9 Å². The Bertz CT molecular complexity index is 1530. The Labute approximate surface area is 255 Å². The molecule has 2 aliphatic rings. The molecule has 0 spiro atoms. The summed E-state index contributed by atoms with van der Waals surface area (Å²) >= 11 is 6.54. The molecule has 2 aromatic heterocycles. The van der Waals surface area contributed by atoms with Gasteiger partial charge in [0.05, 0.1) is 24.8 Å². The van der Waals surface area contributed by atoms with Crippen molar-refractivity contribution in [3.63, 3.8) is 0 Å². The van der Waals surface area contributed by atoms with E-state index in [1.807, 2.05) is 6.92 Å². The fraction of sp³-hybridized carbons (Fsp3) is 0.469. The fourth-order valence-electron chi connectivity index (χ4n) is 6.85. The van der Waals surface area contributed by atoms with Crippen LogP contribution < -0.4 is 4.90 Å². The number of aliphatic hydroxyl groups is 1. The maximum absolute atomic E-state index is 14.1. The first kappa shape index (κ1) is 29.9. The first-order valence-corrected chi connectivity index (χ1v) is 15.3. The summed E-state index contributed by atoms with van der Waals surface area (Å²) < 4.78 is 36.1. The lowest BCUT2D eigenvalue weighted by atomic mass is 9.79. The molecule has 0 aliphatic carbocycles. The highest BCUT2D eigenvalue weighted by atomic mass is 35.5. The van der Waals surface area contributed by atoms with Crippen LogP contribution in [0.2, 0.25) is 5.28 Å². The van der Waals surface area contributed by atoms with Crippen molar-refractivity contribution in [3.8, 4) is 0 Å². The van der Waals surface area contributed by atoms with Crippen LogP contribution in [-0.2, 0) is 16.8 Å². The Balaban J connectivity index is 1.41. The van der Waals surface area contributed by atoms with Gasteiger partial charge in [-0.1, -0.05) is 31.2 Å². The van der Waals surface area contributed by atoms with Crippen LogP contribution in [0.5, 0.6) is 0 Å². The molecule has 2 aliphatic heterocycles. The smallest absolute Gasteiger partial charge is 0.226 e. The maximum atomic E-state index is 14.1. The van der Waals surface area contributed by atoms with Crippen molar-refractivity contribution >= 4 is 28.6 Å². The lowest BCUT2D eigenvalue weighted by Gasteiger charge is -2.54. The summed E-state index contributed by atoms with van der Waals surface area (Å²) in [5, 5.41) is 11.3. The Hall–Kier alpha value is -3.18. The third kappa shape index (κ3) is 5.39. The van der Waals surface area contributed by atoms with Gasteiger partial charge in [-0.15, -0.1) is 0 Å². The maximum Gasteiger partial charge on any atom is 0.226 e. The Morgan fingerprint density at radius 3 is 2.21 bits per heavy atom. The molecule has 1 N–H and O–H groups in total. The first-order chi connectivity index (χ1) is 20.7. The molecule has 4 aromatic rings. The second kappa shape index (κ2) is 12.1. The van der Waals surface area contributed by atoms with Crippen LogP contribution in [-0.4, -0.2) is 74.0 Å². The van der Waals surface area contributed by atoms with Crippen molar-refractivity contribution in [2.24, 2.45) is 0 Å². The van der Waals surface area contributed by atoms with Crippen LogP contribution >= 0.6 is 11.6 Å². The van der Waals surface area contributed by atoms with E-state index < -0.39 is 5.54 Å². The molecule has 4 heterocycles. The van der Waals surface area contributed by atoms with E-state index in [1.165, 1.54) is 24.3 Å². The second-order valence-electron chi connectivity index (χ2n) is 11.6. The number of hydrogen-bond donors (Lipinski definition) is 1. The van der Waals surface area contributed by atoms with Crippen LogP contribution in [0, 0.1) is 18.6 Å². The molecule has 11 heteroatoms. The Morgan fingerprint density at radius 2 is 1.65 bits per heavy atom. The minimum absolute atomic E-state index is 0.0580. The zero-order chi connectivity index (χ0) is 30.3. The number of nitrogens with zero attached hydrogens (tertiary/aromatic N) is 6. The SMILES string of the molecule is CC[C@@H]1CN(c2nc(Cl)nc3c2nc(C)n3CC2CCCO2)[C@@H](C)CN1C(CO)(c1ccc(F)cc1)c1ccc(F)cc1. The van der Waals surface area contributed by atoms with E-state index in [-0.39, 0.29) is 41.7 Å². The van der Waals surface area contributed by atoms with Crippen molar-refractivity contribution < 1.29 is 18.6 Å². The summed E-state index contributed by atoms with van der Waals surface area (Å²) in [7, 11) is 0. The zero-order valence-electron chi connectivity index (χ0n) is 24.7. The average Bonchev–Trinajstić information content (AvgIpc) is 3.63. The lowest BCUT2D eigenvalue weighted by Crippen LogP contribution is -2.65. The number of anilines is 1. The van der Waals surface area contributed by atoms with Crippen molar-refractivity contribution in [1.82, 2.24) is 24.4 Å². The molecular formula is C32H37ClF2N6O2. The number of aliphatic hydroxyl groups excluding tert-OH is 1. The molecule has 2 fully saturated rings. The summed E-state index contributed by atoms with van der Waals surface area (Å²) in [5.41, 5.74) is 1.82. The number of aromatic nitrogens is 4. The van der Waals surface area contributed by atoms with E-state index in [0.717, 1.165) is 42.8 Å². The highest BCUT2D eigenvalue weighted by Gasteiger charge is 2.47. The van der Waals surface area contributed by atoms with Crippen molar-refractivity contribution in [2.45, 2.75) is 70.3 Å². The largest absolute Gasteiger partial charge is 0.394 e. The number of piperazine rings is 1. The fourth-order valence-corrected chi connectivity index (χ4v) is 7.01. The Morgan fingerprint density at radius 1 is 1.00 bits per heavy atom. The lowest BCUT2D eigenvalue weighted by molar-refractivity contribution is 0.00380. The van der Waals surface area contributed by atoms with Gasteiger partial charge in [-0.05, 0) is 80.1 Å². The molecule has 0 bridgehead atoms. The molecule has 0 amide bonds. The first-order valence-electron chi connectivity index (χ1n) is 14.9. The molecule has 6 rings (SSSR count). The van der Waals surface area contributed by atoms with Gasteiger partial charge in [0, 0.05) is 31.8 Å². The van der Waals surface area contributed by atoms with Crippen LogP contribution in [0.1, 0.15) is 50.1 Å². The van der Waals surface area contributed by atoms with Gasteiger partial charge in [0.15, 0.2) is 17.0 Å². The summed E-state index contributed by atoms with van der Waals surface area (Å²) in [6.07, 6.45) is 2.91. The molecule has 0 radical (unpaired) electrons. The van der Waals surface area contributed by atoms with Crippen LogP contribution in [0.4, 0.5) is 14.6 Å². The standard InChI is InChI=1S/C32H37ClF2N6O2/c1-4-26-17-39(29-28-30(38-31(33)37-29)40(21(3)36-28)18-27-6-5-15-43-27)20(2)16-41(26)32(19-42,22-7-11-24(34)12-8-22)23-9-13-25(35)14-10-23/h7-14,20,26-27,42H,4-6,15-19H2,1-3H3/t20-,26+,27?/m0/s1. The number of benzene rings is 2. The quantitative estimate of drug-likeness (QED) is 0.265. The third-order valence-corrected chi connectivity index (χ3v) is 9.27. The average molecular weight is 611 g/mol. The Kier molecular flexibility index (Phi) is 8.39. The molecule has 0 saturated carbocycles. The van der Waals surface area contributed by atoms with Crippen LogP contribution in [0.15, 0.2) is 48.5 Å². The van der Waals surface area contributed by atoms with E-state index in [4.69, 9.17) is 26.3 Å². The van der Waals surface area contributed by atoms with Gasteiger partial charge in [-0.2, -0.15) is 9.97 Å². The number of rotatable bonds is 8. The molecule has 1 unspecified atom stereocenters. The molecule has 43 heavy (non-hydrogen) atoms. The van der Waals surface area contributed by atoms with E-state index in [0.29, 0.717) is 36.6 Å². The van der Waals surface area contributed by atoms with Crippen LogP contribution in [0.3, 0.4) is 0 Å². The van der Waals surface area contributed by atoms with Crippen LogP contribution in [0.25, 0.3) is 11.2 Å². The zero-order valence-corrected chi connectivity index (χ0v) is 25.4. The van der Waals surface area contributed by atoms with Crippen molar-refractivity contribution in [1.29, 1.82) is 0 Å². The van der Waals surface area contributed by atoms with Gasteiger partial charge >= 0.3 is 0 Å². The third-order valence-electron chi connectivity index (χ3n) is 9.10. The van der Waals surface area contributed by atoms with Gasteiger partial charge in [-0.3, -0.25) is 4.90 Å². The number of imidazole rings is 1. The van der Waals surface area contributed by atoms with Gasteiger partial charge in [-0.25, -0.2) is 13.8 Å². The molecule has 2 saturated heterocycles. The molecular weight excluding hydrogens is 574 g/mol. The number of aryl methyl sites for hydroxylation is 1. The summed E-state index contributed by atoms with van der Waals surface area (Å²) in [6.45, 7) is 8.43. The van der Waals surface area contributed by atoms with Gasteiger partial charge in [0.1, 0.15) is 17.5 Å². The summed E-state index contributed by atoms with van der Waals surface area (Å²) in [6, 6.07) is 12.3. The number of hydrogen-bond acceptors (Lipinski definition) is 7. The number of ether oxygens (including phenoxy) is 1. The van der Waals surface area contributed by atoms with E-state index >= 15 is 0 Å². The minimum atomic E-state index is -1.03. The van der Waals surface area contributed by atoms with Crippen molar-refractivity contribution in [3.05, 3.63) is 82.4 Å². The van der Waals surface area contributed by atoms with Gasteiger partial charge in [0.2, 0.25) is 5.28 Å².